The Balaban J connectivity index is 1.70. The zero-order chi connectivity index (χ0) is 19.5. The molecule has 1 aliphatic carbocycles. The van der Waals surface area contributed by atoms with Gasteiger partial charge in [-0.3, -0.25) is 9.78 Å². The lowest BCUT2D eigenvalue weighted by molar-refractivity contribution is -0.147. The molecule has 0 spiro atoms. The molecule has 3 heterocycles. The molecule has 0 unspecified atom stereocenters. The Morgan fingerprint density at radius 3 is 3.00 bits per heavy atom. The van der Waals surface area contributed by atoms with Crippen LogP contribution in [0.15, 0.2) is 41.3 Å². The Bertz CT molecular complexity index is 975. The Hall–Kier alpha value is -2.48. The van der Waals surface area contributed by atoms with E-state index in [0.29, 0.717) is 6.54 Å². The van der Waals surface area contributed by atoms with Crippen molar-refractivity contribution in [1.29, 1.82) is 0 Å². The van der Waals surface area contributed by atoms with Crippen LogP contribution in [0.2, 0.25) is 0 Å². The number of rotatable bonds is 5. The van der Waals surface area contributed by atoms with Crippen LogP contribution in [0.25, 0.3) is 5.65 Å². The van der Waals surface area contributed by atoms with E-state index in [1.54, 1.807) is 16.9 Å². The minimum absolute atomic E-state index is 0.0481. The molecule has 0 aliphatic heterocycles. The molecule has 1 fully saturated rings. The Labute approximate surface area is 171 Å². The molecule has 0 aromatic carbocycles. The fourth-order valence-electron chi connectivity index (χ4n) is 3.88. The number of methoxy groups -OCH3 is 1. The topological polar surface area (TPSA) is 81.4 Å². The van der Waals surface area contributed by atoms with Crippen molar-refractivity contribution in [3.63, 3.8) is 0 Å². The molecule has 8 heteroatoms. The van der Waals surface area contributed by atoms with Gasteiger partial charge in [-0.25, -0.2) is 4.98 Å². The van der Waals surface area contributed by atoms with Crippen LogP contribution in [0, 0.1) is 5.92 Å². The van der Waals surface area contributed by atoms with E-state index < -0.39 is 0 Å². The molecule has 0 radical (unpaired) electrons. The lowest BCUT2D eigenvalue weighted by Crippen LogP contribution is -2.27. The van der Waals surface area contributed by atoms with Crippen molar-refractivity contribution in [2.75, 3.05) is 12.4 Å². The Morgan fingerprint density at radius 1 is 1.36 bits per heavy atom. The summed E-state index contributed by atoms with van der Waals surface area (Å²) in [7, 11) is 1.46. The van der Waals surface area contributed by atoms with Crippen LogP contribution in [-0.2, 0) is 16.1 Å². The molecule has 3 aromatic heterocycles. The number of carbonyl (C=O) groups excluding carboxylic acids is 1. The van der Waals surface area contributed by atoms with Gasteiger partial charge in [-0.15, -0.1) is 0 Å². The number of pyridine rings is 1. The third-order valence-electron chi connectivity index (χ3n) is 5.29. The highest BCUT2D eigenvalue weighted by atomic mass is 79.9. The molecule has 146 valence electrons. The van der Waals surface area contributed by atoms with Gasteiger partial charge in [0.25, 0.3) is 0 Å². The van der Waals surface area contributed by atoms with Crippen molar-refractivity contribution in [1.82, 2.24) is 19.6 Å². The van der Waals surface area contributed by atoms with E-state index in [1.807, 2.05) is 24.4 Å². The number of nitrogens with one attached hydrogen (secondary N) is 1. The van der Waals surface area contributed by atoms with Crippen molar-refractivity contribution in [2.24, 2.45) is 5.92 Å². The largest absolute Gasteiger partial charge is 0.469 e. The molecule has 1 N–H and O–H groups in total. The first-order valence-electron chi connectivity index (χ1n) is 9.42. The lowest BCUT2D eigenvalue weighted by atomic mass is 9.77. The van der Waals surface area contributed by atoms with Gasteiger partial charge >= 0.3 is 5.97 Å². The standard InChI is InChI=1S/C20H22BrN5O2/c1-28-20(27)15-7-3-2-6-14(15)17-9-18(23-11-13-5-4-8-22-10-13)26-19(25-17)16(21)12-24-26/h4-5,8-10,12,14-15,23H,2-3,6-7,11H2,1H3/t14-,15+/m1/s1. The zero-order valence-corrected chi connectivity index (χ0v) is 17.2. The average Bonchev–Trinajstić information content (AvgIpc) is 3.13. The normalized spacial score (nSPS) is 19.5. The lowest BCUT2D eigenvalue weighted by Gasteiger charge is -2.29. The van der Waals surface area contributed by atoms with Crippen LogP contribution in [0.5, 0.6) is 0 Å². The van der Waals surface area contributed by atoms with Crippen LogP contribution in [-0.4, -0.2) is 32.7 Å². The quantitative estimate of drug-likeness (QED) is 0.601. The van der Waals surface area contributed by atoms with Crippen molar-refractivity contribution < 1.29 is 9.53 Å². The summed E-state index contributed by atoms with van der Waals surface area (Å²) >= 11 is 3.54. The van der Waals surface area contributed by atoms with Gasteiger partial charge in [-0.05, 0) is 40.4 Å². The third-order valence-corrected chi connectivity index (χ3v) is 5.85. The summed E-state index contributed by atoms with van der Waals surface area (Å²) < 4.78 is 7.66. The van der Waals surface area contributed by atoms with E-state index >= 15 is 0 Å². The summed E-state index contributed by atoms with van der Waals surface area (Å²) in [6.07, 6.45) is 9.22. The van der Waals surface area contributed by atoms with Gasteiger partial charge in [-0.2, -0.15) is 9.61 Å². The molecular formula is C20H22BrN5O2. The molecule has 1 saturated carbocycles. The number of ether oxygens (including phenoxy) is 1. The number of hydrogen-bond acceptors (Lipinski definition) is 6. The van der Waals surface area contributed by atoms with Gasteiger partial charge in [-0.1, -0.05) is 18.9 Å². The van der Waals surface area contributed by atoms with Crippen LogP contribution < -0.4 is 5.32 Å². The fourth-order valence-corrected chi connectivity index (χ4v) is 4.23. The second-order valence-electron chi connectivity index (χ2n) is 7.03. The SMILES string of the molecule is COC(=O)[C@H]1CCCC[C@H]1c1cc(NCc2cccnc2)n2ncc(Br)c2n1. The highest BCUT2D eigenvalue weighted by Gasteiger charge is 2.34. The molecule has 0 bridgehead atoms. The maximum Gasteiger partial charge on any atom is 0.309 e. The first-order valence-corrected chi connectivity index (χ1v) is 10.2. The van der Waals surface area contributed by atoms with Gasteiger partial charge in [0, 0.05) is 30.9 Å². The molecule has 4 rings (SSSR count). The number of hydrogen-bond donors (Lipinski definition) is 1. The second-order valence-corrected chi connectivity index (χ2v) is 7.88. The summed E-state index contributed by atoms with van der Waals surface area (Å²) in [4.78, 5) is 21.3. The zero-order valence-electron chi connectivity index (χ0n) is 15.6. The van der Waals surface area contributed by atoms with Gasteiger partial charge in [0.2, 0.25) is 0 Å². The van der Waals surface area contributed by atoms with E-state index in [4.69, 9.17) is 9.72 Å². The first kappa shape index (κ1) is 18.9. The molecule has 0 amide bonds. The maximum atomic E-state index is 12.3. The van der Waals surface area contributed by atoms with E-state index in [-0.39, 0.29) is 17.8 Å². The van der Waals surface area contributed by atoms with Gasteiger partial charge < -0.3 is 10.1 Å². The summed E-state index contributed by atoms with van der Waals surface area (Å²) in [5.74, 6) is 0.584. The van der Waals surface area contributed by atoms with Crippen LogP contribution in [0.3, 0.4) is 0 Å². The molecule has 0 saturated heterocycles. The Morgan fingerprint density at radius 2 is 2.21 bits per heavy atom. The molecular weight excluding hydrogens is 422 g/mol. The van der Waals surface area contributed by atoms with E-state index in [1.165, 1.54) is 7.11 Å². The minimum Gasteiger partial charge on any atom is -0.469 e. The van der Waals surface area contributed by atoms with Crippen molar-refractivity contribution >= 4 is 33.4 Å². The number of esters is 1. The van der Waals surface area contributed by atoms with E-state index in [2.05, 4.69) is 31.3 Å². The number of nitrogens with zero attached hydrogens (tertiary/aromatic N) is 4. The van der Waals surface area contributed by atoms with Crippen molar-refractivity contribution in [3.05, 3.63) is 52.5 Å². The van der Waals surface area contributed by atoms with Crippen LogP contribution in [0.1, 0.15) is 42.9 Å². The summed E-state index contributed by atoms with van der Waals surface area (Å²) in [5.41, 5.74) is 2.71. The number of anilines is 1. The highest BCUT2D eigenvalue weighted by molar-refractivity contribution is 9.10. The number of aromatic nitrogens is 4. The molecule has 1 aliphatic rings. The maximum absolute atomic E-state index is 12.3. The molecule has 3 aromatic rings. The van der Waals surface area contributed by atoms with E-state index in [0.717, 1.165) is 52.9 Å². The third kappa shape index (κ3) is 3.73. The Kier molecular flexibility index (Phi) is 5.57. The summed E-state index contributed by atoms with van der Waals surface area (Å²) in [5, 5.41) is 7.86. The monoisotopic (exact) mass is 443 g/mol. The molecule has 28 heavy (non-hydrogen) atoms. The molecule has 2 atom stereocenters. The predicted octanol–water partition coefficient (Wildman–Crippen LogP) is 3.95. The highest BCUT2D eigenvalue weighted by Crippen LogP contribution is 2.39. The van der Waals surface area contributed by atoms with Crippen molar-refractivity contribution in [3.8, 4) is 0 Å². The van der Waals surface area contributed by atoms with E-state index in [9.17, 15) is 4.79 Å². The summed E-state index contributed by atoms with van der Waals surface area (Å²) in [6.45, 7) is 0.620. The van der Waals surface area contributed by atoms with Crippen molar-refractivity contribution in [2.45, 2.75) is 38.1 Å². The number of halogens is 1. The van der Waals surface area contributed by atoms with Crippen LogP contribution >= 0.6 is 15.9 Å². The smallest absolute Gasteiger partial charge is 0.309 e. The predicted molar refractivity (Wildman–Crippen MR) is 109 cm³/mol. The number of fused-ring (bicyclic) bond motifs is 1. The van der Waals surface area contributed by atoms with Crippen LogP contribution in [0.4, 0.5) is 5.82 Å². The average molecular weight is 444 g/mol. The number of carbonyl (C=O) groups is 1. The van der Waals surface area contributed by atoms with Gasteiger partial charge in [0.05, 0.1) is 29.4 Å². The van der Waals surface area contributed by atoms with Gasteiger partial charge in [0.1, 0.15) is 5.82 Å². The first-order chi connectivity index (χ1) is 13.7. The fraction of sp³-hybridized carbons (Fsp3) is 0.400. The minimum atomic E-state index is -0.151. The molecule has 7 nitrogen and oxygen atoms in total. The second kappa shape index (κ2) is 8.26. The summed E-state index contributed by atoms with van der Waals surface area (Å²) in [6, 6.07) is 5.94. The van der Waals surface area contributed by atoms with Gasteiger partial charge in [0.15, 0.2) is 5.65 Å².